The third-order valence-corrected chi connectivity index (χ3v) is 3.98. The van der Waals surface area contributed by atoms with Gasteiger partial charge in [-0.05, 0) is 38.1 Å². The topological polar surface area (TPSA) is 52.5 Å². The van der Waals surface area contributed by atoms with Gasteiger partial charge in [0.15, 0.2) is 0 Å². The van der Waals surface area contributed by atoms with Crippen molar-refractivity contribution in [1.82, 2.24) is 5.32 Å². The maximum Gasteiger partial charge on any atom is 0.0543 e. The summed E-state index contributed by atoms with van der Waals surface area (Å²) in [5.41, 5.74) is 0.00723. The molecule has 0 spiro atoms. The summed E-state index contributed by atoms with van der Waals surface area (Å²) in [6, 6.07) is 0. The van der Waals surface area contributed by atoms with E-state index >= 15 is 0 Å². The van der Waals surface area contributed by atoms with Crippen molar-refractivity contribution >= 4 is 0 Å². The van der Waals surface area contributed by atoms with Crippen LogP contribution in [0, 0.1) is 11.3 Å². The molecule has 0 amide bonds. The average Bonchev–Trinajstić information content (AvgIpc) is 2.29. The van der Waals surface area contributed by atoms with Gasteiger partial charge >= 0.3 is 0 Å². The molecule has 3 atom stereocenters. The van der Waals surface area contributed by atoms with Crippen LogP contribution in [-0.4, -0.2) is 36.0 Å². The van der Waals surface area contributed by atoms with Crippen molar-refractivity contribution in [2.24, 2.45) is 11.3 Å². The number of nitrogens with one attached hydrogen (secondary N) is 1. The van der Waals surface area contributed by atoms with E-state index in [0.29, 0.717) is 5.92 Å². The molecule has 0 radical (unpaired) electrons. The molecular formula is C13H27NO2. The minimum Gasteiger partial charge on any atom is -0.396 e. The molecule has 0 aliphatic heterocycles. The summed E-state index contributed by atoms with van der Waals surface area (Å²) < 4.78 is 0. The van der Waals surface area contributed by atoms with Crippen molar-refractivity contribution in [3.05, 3.63) is 0 Å². The molecule has 0 bridgehead atoms. The van der Waals surface area contributed by atoms with Gasteiger partial charge in [-0.15, -0.1) is 0 Å². The largest absolute Gasteiger partial charge is 0.396 e. The zero-order valence-electron chi connectivity index (χ0n) is 10.7. The van der Waals surface area contributed by atoms with Gasteiger partial charge in [-0.2, -0.15) is 0 Å². The Labute approximate surface area is 99.3 Å². The zero-order chi connectivity index (χ0) is 12.0. The van der Waals surface area contributed by atoms with E-state index < -0.39 is 0 Å². The van der Waals surface area contributed by atoms with Crippen LogP contribution in [0.5, 0.6) is 0 Å². The van der Waals surface area contributed by atoms with Gasteiger partial charge in [-0.3, -0.25) is 0 Å². The number of aliphatic hydroxyl groups is 2. The van der Waals surface area contributed by atoms with E-state index in [-0.39, 0.29) is 18.1 Å². The Kier molecular flexibility index (Phi) is 5.73. The van der Waals surface area contributed by atoms with Crippen LogP contribution in [-0.2, 0) is 0 Å². The second-order valence-corrected chi connectivity index (χ2v) is 5.64. The minimum absolute atomic E-state index is 0.00723. The van der Waals surface area contributed by atoms with Crippen molar-refractivity contribution in [3.63, 3.8) is 0 Å². The first-order valence-corrected chi connectivity index (χ1v) is 6.59. The number of hydrogen-bond donors (Lipinski definition) is 3. The highest BCUT2D eigenvalue weighted by molar-refractivity contribution is 4.78. The molecule has 1 saturated carbocycles. The standard InChI is InChI=1S/C13H27NO2/c1-3-13(2,10-15)9-14-8-11-5-4-6-12(16)7-11/h11-12,14-16H,3-10H2,1-2H3. The van der Waals surface area contributed by atoms with Gasteiger partial charge < -0.3 is 15.5 Å². The van der Waals surface area contributed by atoms with Crippen molar-refractivity contribution < 1.29 is 10.2 Å². The molecule has 0 aromatic heterocycles. The van der Waals surface area contributed by atoms with Gasteiger partial charge in [-0.25, -0.2) is 0 Å². The van der Waals surface area contributed by atoms with Gasteiger partial charge in [0.05, 0.1) is 6.10 Å². The molecule has 1 aliphatic carbocycles. The van der Waals surface area contributed by atoms with Crippen LogP contribution in [0.1, 0.15) is 46.0 Å². The van der Waals surface area contributed by atoms with E-state index in [2.05, 4.69) is 19.2 Å². The number of rotatable bonds is 6. The summed E-state index contributed by atoms with van der Waals surface area (Å²) in [5, 5.41) is 22.3. The molecule has 3 unspecified atom stereocenters. The quantitative estimate of drug-likeness (QED) is 0.647. The summed E-state index contributed by atoms with van der Waals surface area (Å²) in [7, 11) is 0. The molecule has 1 aliphatic rings. The van der Waals surface area contributed by atoms with Gasteiger partial charge in [-0.1, -0.05) is 20.3 Å². The van der Waals surface area contributed by atoms with E-state index in [0.717, 1.165) is 38.8 Å². The van der Waals surface area contributed by atoms with E-state index in [9.17, 15) is 10.2 Å². The number of aliphatic hydroxyl groups excluding tert-OH is 2. The molecule has 1 rings (SSSR count). The van der Waals surface area contributed by atoms with E-state index in [1.165, 1.54) is 6.42 Å². The molecule has 16 heavy (non-hydrogen) atoms. The molecule has 0 saturated heterocycles. The second-order valence-electron chi connectivity index (χ2n) is 5.64. The first kappa shape index (κ1) is 13.9. The van der Waals surface area contributed by atoms with E-state index in [4.69, 9.17) is 0 Å². The predicted molar refractivity (Wildman–Crippen MR) is 66.3 cm³/mol. The SMILES string of the molecule is CCC(C)(CO)CNCC1CCCC(O)C1. The van der Waals surface area contributed by atoms with E-state index in [1.807, 2.05) is 0 Å². The second kappa shape index (κ2) is 6.58. The Morgan fingerprint density at radius 2 is 2.12 bits per heavy atom. The van der Waals surface area contributed by atoms with Crippen molar-refractivity contribution in [2.75, 3.05) is 19.7 Å². The van der Waals surface area contributed by atoms with Crippen LogP contribution >= 0.6 is 0 Å². The maximum atomic E-state index is 9.56. The molecule has 0 aromatic carbocycles. The summed E-state index contributed by atoms with van der Waals surface area (Å²) in [5.74, 6) is 0.614. The molecule has 1 fully saturated rings. The lowest BCUT2D eigenvalue weighted by Crippen LogP contribution is -2.38. The molecule has 3 N–H and O–H groups in total. The van der Waals surface area contributed by atoms with Crippen LogP contribution in [0.4, 0.5) is 0 Å². The fraction of sp³-hybridized carbons (Fsp3) is 1.00. The minimum atomic E-state index is -0.0871. The predicted octanol–water partition coefficient (Wildman–Crippen LogP) is 1.54. The van der Waals surface area contributed by atoms with Crippen LogP contribution in [0.2, 0.25) is 0 Å². The lowest BCUT2D eigenvalue weighted by molar-refractivity contribution is 0.0956. The Hall–Kier alpha value is -0.120. The van der Waals surface area contributed by atoms with Crippen LogP contribution in [0.15, 0.2) is 0 Å². The average molecular weight is 229 g/mol. The molecule has 0 aromatic rings. The Balaban J connectivity index is 2.19. The first-order valence-electron chi connectivity index (χ1n) is 6.59. The van der Waals surface area contributed by atoms with Crippen molar-refractivity contribution in [3.8, 4) is 0 Å². The third-order valence-electron chi connectivity index (χ3n) is 3.98. The number of hydrogen-bond acceptors (Lipinski definition) is 3. The van der Waals surface area contributed by atoms with Gasteiger partial charge in [0.2, 0.25) is 0 Å². The highest BCUT2D eigenvalue weighted by Gasteiger charge is 2.23. The summed E-state index contributed by atoms with van der Waals surface area (Å²) >= 11 is 0. The smallest absolute Gasteiger partial charge is 0.0543 e. The molecular weight excluding hydrogens is 202 g/mol. The summed E-state index contributed by atoms with van der Waals surface area (Å²) in [6.07, 6.45) is 5.19. The first-order chi connectivity index (χ1) is 7.59. The highest BCUT2D eigenvalue weighted by Crippen LogP contribution is 2.24. The van der Waals surface area contributed by atoms with Crippen LogP contribution < -0.4 is 5.32 Å². The van der Waals surface area contributed by atoms with Crippen LogP contribution in [0.25, 0.3) is 0 Å². The third kappa shape index (κ3) is 4.40. The Morgan fingerprint density at radius 3 is 2.69 bits per heavy atom. The molecule has 0 heterocycles. The monoisotopic (exact) mass is 229 g/mol. The summed E-state index contributed by atoms with van der Waals surface area (Å²) in [4.78, 5) is 0. The normalized spacial score (nSPS) is 30.0. The lowest BCUT2D eigenvalue weighted by Gasteiger charge is -2.29. The Morgan fingerprint density at radius 1 is 1.38 bits per heavy atom. The van der Waals surface area contributed by atoms with E-state index in [1.54, 1.807) is 0 Å². The molecule has 96 valence electrons. The maximum absolute atomic E-state index is 9.56. The fourth-order valence-electron chi connectivity index (χ4n) is 2.32. The zero-order valence-corrected chi connectivity index (χ0v) is 10.7. The van der Waals surface area contributed by atoms with Gasteiger partial charge in [0.1, 0.15) is 0 Å². The fourth-order valence-corrected chi connectivity index (χ4v) is 2.32. The highest BCUT2D eigenvalue weighted by atomic mass is 16.3. The van der Waals surface area contributed by atoms with Crippen molar-refractivity contribution in [1.29, 1.82) is 0 Å². The molecule has 3 heteroatoms. The lowest BCUT2D eigenvalue weighted by atomic mass is 9.86. The Bertz CT molecular complexity index is 192. The van der Waals surface area contributed by atoms with Gasteiger partial charge in [0, 0.05) is 18.6 Å². The van der Waals surface area contributed by atoms with Gasteiger partial charge in [0.25, 0.3) is 0 Å². The van der Waals surface area contributed by atoms with Crippen molar-refractivity contribution in [2.45, 2.75) is 52.1 Å². The molecule has 3 nitrogen and oxygen atoms in total. The summed E-state index contributed by atoms with van der Waals surface area (Å²) in [6.45, 7) is 6.31. The van der Waals surface area contributed by atoms with Crippen LogP contribution in [0.3, 0.4) is 0 Å².